The number of likely N-dealkylation sites (tertiary alicyclic amines) is 1. The van der Waals surface area contributed by atoms with Crippen LogP contribution in [0.25, 0.3) is 0 Å². The third kappa shape index (κ3) is 4.16. The van der Waals surface area contributed by atoms with Gasteiger partial charge in [0.2, 0.25) is 11.8 Å². The zero-order chi connectivity index (χ0) is 17.1. The molecule has 1 amide bonds. The van der Waals surface area contributed by atoms with Gasteiger partial charge in [0.1, 0.15) is 0 Å². The number of carbonyl (C=O) groups is 1. The first-order chi connectivity index (χ1) is 11.5. The zero-order valence-corrected chi connectivity index (χ0v) is 15.8. The Bertz CT molecular complexity index is 690. The third-order valence-corrected chi connectivity index (χ3v) is 5.87. The van der Waals surface area contributed by atoms with Crippen molar-refractivity contribution in [1.29, 1.82) is 0 Å². The average molecular weight is 367 g/mol. The van der Waals surface area contributed by atoms with Crippen molar-refractivity contribution in [1.82, 2.24) is 20.1 Å². The lowest BCUT2D eigenvalue weighted by Crippen LogP contribution is -2.48. The molecule has 0 bridgehead atoms. The van der Waals surface area contributed by atoms with Gasteiger partial charge in [-0.15, -0.1) is 21.5 Å². The first-order valence-corrected chi connectivity index (χ1v) is 10.1. The van der Waals surface area contributed by atoms with E-state index in [9.17, 15) is 4.79 Å². The van der Waals surface area contributed by atoms with Crippen LogP contribution in [0.1, 0.15) is 49.7 Å². The maximum absolute atomic E-state index is 12.5. The van der Waals surface area contributed by atoms with Gasteiger partial charge in [-0.3, -0.25) is 4.79 Å². The summed E-state index contributed by atoms with van der Waals surface area (Å²) < 4.78 is 5.62. The van der Waals surface area contributed by atoms with E-state index in [1.54, 1.807) is 11.3 Å². The molecule has 1 saturated heterocycles. The Morgan fingerprint density at radius 2 is 2.12 bits per heavy atom. The second-order valence-corrected chi connectivity index (χ2v) is 8.20. The molecular formula is C16H22N4O2S2. The number of carbonyl (C=O) groups excluding carboxylic acids is 1. The van der Waals surface area contributed by atoms with Crippen molar-refractivity contribution in [2.45, 2.75) is 63.8 Å². The lowest BCUT2D eigenvalue weighted by atomic mass is 9.98. The Kier molecular flexibility index (Phi) is 5.55. The highest BCUT2D eigenvalue weighted by Gasteiger charge is 2.29. The Morgan fingerprint density at radius 3 is 2.79 bits per heavy atom. The predicted molar refractivity (Wildman–Crippen MR) is 94.3 cm³/mol. The standard InChI is InChI=1S/C16H22N4O2S2/c1-10-5-4-6-11(2)20(10)15(21)9-24-16-19-18-14(22-16)7-13-8-23-12(3)17-13/h8,10-11H,4-7,9H2,1-3H3. The maximum Gasteiger partial charge on any atom is 0.277 e. The molecule has 3 rings (SSSR count). The van der Waals surface area contributed by atoms with Crippen LogP contribution in [0.2, 0.25) is 0 Å². The van der Waals surface area contributed by atoms with Crippen LogP contribution in [0.5, 0.6) is 0 Å². The molecule has 0 spiro atoms. The lowest BCUT2D eigenvalue weighted by molar-refractivity contribution is -0.134. The van der Waals surface area contributed by atoms with Crippen LogP contribution >= 0.6 is 23.1 Å². The number of piperidine rings is 1. The van der Waals surface area contributed by atoms with Gasteiger partial charge >= 0.3 is 0 Å². The van der Waals surface area contributed by atoms with Crippen LogP contribution in [0, 0.1) is 6.92 Å². The van der Waals surface area contributed by atoms with Crippen LogP contribution in [-0.2, 0) is 11.2 Å². The number of thioether (sulfide) groups is 1. The lowest BCUT2D eigenvalue weighted by Gasteiger charge is -2.39. The molecule has 3 heterocycles. The Hall–Kier alpha value is -1.41. The van der Waals surface area contributed by atoms with Gasteiger partial charge in [0.05, 0.1) is 22.9 Å². The molecule has 0 radical (unpaired) electrons. The minimum Gasteiger partial charge on any atom is -0.416 e. The number of rotatable bonds is 5. The Morgan fingerprint density at radius 1 is 1.38 bits per heavy atom. The largest absolute Gasteiger partial charge is 0.416 e. The molecule has 0 aromatic carbocycles. The molecule has 6 nitrogen and oxygen atoms in total. The first kappa shape index (κ1) is 17.4. The average Bonchev–Trinajstić information content (AvgIpc) is 3.14. The van der Waals surface area contributed by atoms with Crippen molar-refractivity contribution in [2.75, 3.05) is 5.75 Å². The summed E-state index contributed by atoms with van der Waals surface area (Å²) in [5.74, 6) is 1.02. The smallest absolute Gasteiger partial charge is 0.277 e. The van der Waals surface area contributed by atoms with Crippen LogP contribution in [-0.4, -0.2) is 43.8 Å². The number of amides is 1. The van der Waals surface area contributed by atoms with Gasteiger partial charge in [0.15, 0.2) is 0 Å². The van der Waals surface area contributed by atoms with E-state index in [1.165, 1.54) is 18.2 Å². The van der Waals surface area contributed by atoms with E-state index in [1.807, 2.05) is 17.2 Å². The third-order valence-electron chi connectivity index (χ3n) is 4.25. The summed E-state index contributed by atoms with van der Waals surface area (Å²) in [6.45, 7) is 6.22. The number of aromatic nitrogens is 3. The normalized spacial score (nSPS) is 21.2. The van der Waals surface area contributed by atoms with Gasteiger partial charge in [-0.1, -0.05) is 11.8 Å². The predicted octanol–water partition coefficient (Wildman–Crippen LogP) is 3.31. The Balaban J connectivity index is 1.54. The van der Waals surface area contributed by atoms with Crippen LogP contribution in [0.4, 0.5) is 0 Å². The van der Waals surface area contributed by atoms with E-state index in [2.05, 4.69) is 29.0 Å². The molecule has 2 aromatic rings. The van der Waals surface area contributed by atoms with Gasteiger partial charge in [-0.2, -0.15) is 0 Å². The molecule has 1 fully saturated rings. The van der Waals surface area contributed by atoms with Gasteiger partial charge in [-0.05, 0) is 40.0 Å². The molecule has 24 heavy (non-hydrogen) atoms. The van der Waals surface area contributed by atoms with E-state index >= 15 is 0 Å². The summed E-state index contributed by atoms with van der Waals surface area (Å²) in [6, 6.07) is 0.626. The minimum atomic E-state index is 0.148. The molecule has 1 aliphatic heterocycles. The van der Waals surface area contributed by atoms with Crippen molar-refractivity contribution in [2.24, 2.45) is 0 Å². The topological polar surface area (TPSA) is 72.1 Å². The van der Waals surface area contributed by atoms with Gasteiger partial charge in [0.25, 0.3) is 5.22 Å². The summed E-state index contributed by atoms with van der Waals surface area (Å²) >= 11 is 2.92. The summed E-state index contributed by atoms with van der Waals surface area (Å²) in [5, 5.41) is 11.5. The fraction of sp³-hybridized carbons (Fsp3) is 0.625. The second kappa shape index (κ2) is 7.65. The molecule has 0 aliphatic carbocycles. The molecule has 130 valence electrons. The summed E-state index contributed by atoms with van der Waals surface area (Å²) in [7, 11) is 0. The number of hydrogen-bond acceptors (Lipinski definition) is 7. The van der Waals surface area contributed by atoms with E-state index in [-0.39, 0.29) is 5.91 Å². The number of hydrogen-bond donors (Lipinski definition) is 0. The van der Waals surface area contributed by atoms with Crippen molar-refractivity contribution in [3.63, 3.8) is 0 Å². The van der Waals surface area contributed by atoms with E-state index in [0.717, 1.165) is 23.5 Å². The van der Waals surface area contributed by atoms with Gasteiger partial charge in [0, 0.05) is 17.5 Å². The number of nitrogens with zero attached hydrogens (tertiary/aromatic N) is 4. The Labute approximate surface area is 150 Å². The van der Waals surface area contributed by atoms with Gasteiger partial charge in [-0.25, -0.2) is 4.98 Å². The van der Waals surface area contributed by atoms with E-state index in [4.69, 9.17) is 4.42 Å². The summed E-state index contributed by atoms with van der Waals surface area (Å²) in [4.78, 5) is 18.9. The highest BCUT2D eigenvalue weighted by Crippen LogP contribution is 2.25. The SMILES string of the molecule is Cc1nc(Cc2nnc(SCC(=O)N3C(C)CCCC3C)o2)cs1. The first-order valence-electron chi connectivity index (χ1n) is 8.20. The van der Waals surface area contributed by atoms with Crippen LogP contribution in [0.3, 0.4) is 0 Å². The van der Waals surface area contributed by atoms with Crippen molar-refractivity contribution in [3.8, 4) is 0 Å². The molecular weight excluding hydrogens is 344 g/mol. The maximum atomic E-state index is 12.5. The van der Waals surface area contributed by atoms with Crippen molar-refractivity contribution in [3.05, 3.63) is 22.0 Å². The van der Waals surface area contributed by atoms with E-state index in [0.29, 0.717) is 35.4 Å². The summed E-state index contributed by atoms with van der Waals surface area (Å²) in [5.41, 5.74) is 0.935. The zero-order valence-electron chi connectivity index (χ0n) is 14.2. The quantitative estimate of drug-likeness (QED) is 0.756. The van der Waals surface area contributed by atoms with Crippen molar-refractivity contribution >= 4 is 29.0 Å². The molecule has 1 aliphatic rings. The number of aryl methyl sites for hydroxylation is 1. The molecule has 8 heteroatoms. The van der Waals surface area contributed by atoms with Crippen LogP contribution < -0.4 is 0 Å². The van der Waals surface area contributed by atoms with Crippen molar-refractivity contribution < 1.29 is 9.21 Å². The molecule has 2 atom stereocenters. The fourth-order valence-corrected chi connectivity index (χ4v) is 4.39. The molecule has 0 N–H and O–H groups in total. The van der Waals surface area contributed by atoms with Gasteiger partial charge < -0.3 is 9.32 Å². The van der Waals surface area contributed by atoms with E-state index < -0.39 is 0 Å². The van der Waals surface area contributed by atoms with Crippen LogP contribution in [0.15, 0.2) is 15.0 Å². The summed E-state index contributed by atoms with van der Waals surface area (Å²) in [6.07, 6.45) is 3.89. The number of thiazole rings is 1. The highest BCUT2D eigenvalue weighted by molar-refractivity contribution is 7.99. The molecule has 2 unspecified atom stereocenters. The minimum absolute atomic E-state index is 0.148. The molecule has 0 saturated carbocycles. The fourth-order valence-electron chi connectivity index (χ4n) is 3.12. The highest BCUT2D eigenvalue weighted by atomic mass is 32.2. The molecule has 2 aromatic heterocycles. The second-order valence-electron chi connectivity index (χ2n) is 6.21. The monoisotopic (exact) mass is 366 g/mol.